The Morgan fingerprint density at radius 3 is 2.29 bits per heavy atom. The van der Waals surface area contributed by atoms with Gasteiger partial charge in [0.2, 0.25) is 9.05 Å². The van der Waals surface area contributed by atoms with Crippen LogP contribution in [0.25, 0.3) is 0 Å². The first-order valence-electron chi connectivity index (χ1n) is 4.45. The molecule has 0 aliphatic heterocycles. The number of hydrogen-bond acceptors (Lipinski definition) is 3. The molecule has 2 unspecified atom stereocenters. The van der Waals surface area contributed by atoms with Gasteiger partial charge in [0.05, 0.1) is 11.2 Å². The average molecular weight is 243 g/mol. The van der Waals surface area contributed by atoms with E-state index in [1.165, 1.54) is 6.92 Å². The van der Waals surface area contributed by atoms with E-state index in [1.54, 1.807) is 0 Å². The zero-order chi connectivity index (χ0) is 11.4. The second-order valence-electron chi connectivity index (χ2n) is 3.36. The number of carboxylic acids is 1. The van der Waals surface area contributed by atoms with Crippen molar-refractivity contribution >= 4 is 25.7 Å². The molecule has 4 nitrogen and oxygen atoms in total. The molecule has 0 bridgehead atoms. The summed E-state index contributed by atoms with van der Waals surface area (Å²) in [4.78, 5) is 10.5. The van der Waals surface area contributed by atoms with Crippen LogP contribution in [0.2, 0.25) is 0 Å². The molecule has 0 aromatic heterocycles. The van der Waals surface area contributed by atoms with Gasteiger partial charge in [0, 0.05) is 10.7 Å². The minimum Gasteiger partial charge on any atom is -0.481 e. The van der Waals surface area contributed by atoms with Crippen LogP contribution < -0.4 is 0 Å². The zero-order valence-electron chi connectivity index (χ0n) is 8.23. The molecule has 0 aromatic rings. The van der Waals surface area contributed by atoms with Gasteiger partial charge in [-0.3, -0.25) is 4.79 Å². The van der Waals surface area contributed by atoms with Gasteiger partial charge in [0.15, 0.2) is 0 Å². The molecule has 0 saturated carbocycles. The summed E-state index contributed by atoms with van der Waals surface area (Å²) < 4.78 is 22.1. The molecule has 0 aromatic carbocycles. The van der Waals surface area contributed by atoms with Gasteiger partial charge in [0.25, 0.3) is 0 Å². The summed E-state index contributed by atoms with van der Waals surface area (Å²) in [7, 11) is 1.56. The molecule has 0 radical (unpaired) electrons. The van der Waals surface area contributed by atoms with Crippen molar-refractivity contribution in [3.63, 3.8) is 0 Å². The molecule has 0 saturated heterocycles. The normalized spacial score (nSPS) is 16.2. The minimum atomic E-state index is -3.65. The number of carbonyl (C=O) groups is 1. The molecule has 6 heteroatoms. The molecule has 84 valence electrons. The molecule has 2 atom stereocenters. The van der Waals surface area contributed by atoms with Crippen molar-refractivity contribution in [2.24, 2.45) is 5.92 Å². The lowest BCUT2D eigenvalue weighted by Crippen LogP contribution is -2.23. The molecule has 0 aliphatic rings. The number of halogens is 1. The van der Waals surface area contributed by atoms with Crippen LogP contribution in [0.1, 0.15) is 33.1 Å². The van der Waals surface area contributed by atoms with E-state index in [4.69, 9.17) is 15.8 Å². The number of aliphatic carboxylic acids is 1. The molecular weight excluding hydrogens is 228 g/mol. The Bertz CT molecular complexity index is 286. The van der Waals surface area contributed by atoms with E-state index in [9.17, 15) is 13.2 Å². The number of rotatable bonds is 6. The third-order valence-corrected chi connectivity index (χ3v) is 4.03. The largest absolute Gasteiger partial charge is 0.481 e. The van der Waals surface area contributed by atoms with Crippen molar-refractivity contribution in [3.05, 3.63) is 0 Å². The summed E-state index contributed by atoms with van der Waals surface area (Å²) in [6, 6.07) is 0. The lowest BCUT2D eigenvalue weighted by molar-refractivity contribution is -0.141. The molecule has 0 heterocycles. The Labute approximate surface area is 88.7 Å². The second-order valence-corrected chi connectivity index (χ2v) is 6.27. The maximum Gasteiger partial charge on any atom is 0.306 e. The molecule has 14 heavy (non-hydrogen) atoms. The summed E-state index contributed by atoms with van der Waals surface area (Å²) in [6.07, 6.45) is 1.15. The van der Waals surface area contributed by atoms with Crippen LogP contribution in [0.3, 0.4) is 0 Å². The third kappa shape index (κ3) is 4.81. The standard InChI is InChI=1S/C8H15ClO4S/c1-3-4-7(14(9,12)13)5-6(2)8(10)11/h6-7H,3-5H2,1-2H3,(H,10,11). The fourth-order valence-corrected chi connectivity index (χ4v) is 2.71. The summed E-state index contributed by atoms with van der Waals surface area (Å²) in [6.45, 7) is 3.31. The van der Waals surface area contributed by atoms with E-state index in [0.717, 1.165) is 0 Å². The van der Waals surface area contributed by atoms with Crippen molar-refractivity contribution in [2.45, 2.75) is 38.4 Å². The summed E-state index contributed by atoms with van der Waals surface area (Å²) in [5, 5.41) is 7.88. The fraction of sp³-hybridized carbons (Fsp3) is 0.875. The highest BCUT2D eigenvalue weighted by Gasteiger charge is 2.26. The monoisotopic (exact) mass is 242 g/mol. The molecule has 0 fully saturated rings. The summed E-state index contributed by atoms with van der Waals surface area (Å²) in [5.74, 6) is -1.67. The van der Waals surface area contributed by atoms with Gasteiger partial charge < -0.3 is 5.11 Å². The van der Waals surface area contributed by atoms with Crippen molar-refractivity contribution in [2.75, 3.05) is 0 Å². The Balaban J connectivity index is 4.46. The average Bonchev–Trinajstić information content (AvgIpc) is 2.01. The topological polar surface area (TPSA) is 71.4 Å². The van der Waals surface area contributed by atoms with Crippen LogP contribution in [0.15, 0.2) is 0 Å². The predicted octanol–water partition coefficient (Wildman–Crippen LogP) is 1.83. The van der Waals surface area contributed by atoms with Crippen LogP contribution >= 0.6 is 10.7 Å². The van der Waals surface area contributed by atoms with Crippen LogP contribution in [0.4, 0.5) is 0 Å². The van der Waals surface area contributed by atoms with Crippen molar-refractivity contribution in [3.8, 4) is 0 Å². The first kappa shape index (κ1) is 13.7. The highest BCUT2D eigenvalue weighted by molar-refractivity contribution is 8.14. The van der Waals surface area contributed by atoms with Gasteiger partial charge in [0.1, 0.15) is 0 Å². The third-order valence-electron chi connectivity index (χ3n) is 2.05. The SMILES string of the molecule is CCCC(CC(C)C(=O)O)S(=O)(=O)Cl. The maximum absolute atomic E-state index is 11.1. The van der Waals surface area contributed by atoms with Gasteiger partial charge in [-0.2, -0.15) is 0 Å². The van der Waals surface area contributed by atoms with E-state index < -0.39 is 26.2 Å². The predicted molar refractivity (Wildman–Crippen MR) is 54.9 cm³/mol. The summed E-state index contributed by atoms with van der Waals surface area (Å²) in [5.41, 5.74) is 0. The zero-order valence-corrected chi connectivity index (χ0v) is 9.81. The quantitative estimate of drug-likeness (QED) is 0.722. The fourth-order valence-electron chi connectivity index (χ4n) is 1.19. The first-order valence-corrected chi connectivity index (χ1v) is 6.82. The van der Waals surface area contributed by atoms with Crippen molar-refractivity contribution in [1.82, 2.24) is 0 Å². The molecule has 0 aliphatic carbocycles. The van der Waals surface area contributed by atoms with Crippen LogP contribution in [0, 0.1) is 5.92 Å². The Morgan fingerprint density at radius 1 is 1.50 bits per heavy atom. The lowest BCUT2D eigenvalue weighted by atomic mass is 10.0. The molecule has 0 spiro atoms. The number of carboxylic acid groups (broad SMARTS) is 1. The first-order chi connectivity index (χ1) is 6.29. The lowest BCUT2D eigenvalue weighted by Gasteiger charge is -2.14. The molecule has 1 N–H and O–H groups in total. The van der Waals surface area contributed by atoms with E-state index >= 15 is 0 Å². The van der Waals surface area contributed by atoms with E-state index in [-0.39, 0.29) is 6.42 Å². The highest BCUT2D eigenvalue weighted by Crippen LogP contribution is 2.21. The Morgan fingerprint density at radius 2 is 2.00 bits per heavy atom. The van der Waals surface area contributed by atoms with Gasteiger partial charge >= 0.3 is 5.97 Å². The Hall–Kier alpha value is -0.290. The highest BCUT2D eigenvalue weighted by atomic mass is 35.7. The van der Waals surface area contributed by atoms with Gasteiger partial charge in [-0.05, 0) is 12.8 Å². The van der Waals surface area contributed by atoms with E-state index in [0.29, 0.717) is 12.8 Å². The Kier molecular flexibility index (Phi) is 5.44. The minimum absolute atomic E-state index is 0.0784. The van der Waals surface area contributed by atoms with E-state index in [2.05, 4.69) is 0 Å². The van der Waals surface area contributed by atoms with Crippen molar-refractivity contribution in [1.29, 1.82) is 0 Å². The van der Waals surface area contributed by atoms with Gasteiger partial charge in [-0.1, -0.05) is 20.3 Å². The van der Waals surface area contributed by atoms with Crippen LogP contribution in [-0.4, -0.2) is 24.7 Å². The molecular formula is C8H15ClO4S. The van der Waals surface area contributed by atoms with Gasteiger partial charge in [-0.25, -0.2) is 8.42 Å². The van der Waals surface area contributed by atoms with Crippen LogP contribution in [0.5, 0.6) is 0 Å². The molecule has 0 amide bonds. The second kappa shape index (κ2) is 5.56. The maximum atomic E-state index is 11.1. The van der Waals surface area contributed by atoms with Gasteiger partial charge in [-0.15, -0.1) is 0 Å². The smallest absolute Gasteiger partial charge is 0.306 e. The van der Waals surface area contributed by atoms with Crippen molar-refractivity contribution < 1.29 is 18.3 Å². The molecule has 0 rings (SSSR count). The summed E-state index contributed by atoms with van der Waals surface area (Å²) >= 11 is 0. The number of hydrogen-bond donors (Lipinski definition) is 1. The van der Waals surface area contributed by atoms with E-state index in [1.807, 2.05) is 6.92 Å². The van der Waals surface area contributed by atoms with Crippen LogP contribution in [-0.2, 0) is 13.8 Å².